The maximum absolute atomic E-state index is 13.4. The predicted molar refractivity (Wildman–Crippen MR) is 133 cm³/mol. The zero-order valence-electron chi connectivity index (χ0n) is 19.0. The van der Waals surface area contributed by atoms with Crippen LogP contribution in [0.4, 0.5) is 0 Å². The molecule has 0 fully saturated rings. The van der Waals surface area contributed by atoms with E-state index in [9.17, 15) is 13.2 Å². The topological polar surface area (TPSA) is 69.7 Å². The van der Waals surface area contributed by atoms with Gasteiger partial charge in [0.25, 0.3) is 0 Å². The van der Waals surface area contributed by atoms with Crippen molar-refractivity contribution >= 4 is 38.0 Å². The molecule has 8 heteroatoms. The minimum atomic E-state index is -3.35. The molecule has 1 N–H and O–H groups in total. The quantitative estimate of drug-likeness (QED) is 0.492. The van der Waals surface area contributed by atoms with Crippen molar-refractivity contribution in [3.05, 3.63) is 70.4 Å². The van der Waals surface area contributed by atoms with E-state index >= 15 is 0 Å². The Balaban J connectivity index is 1.79. The number of hydrogen-bond acceptors (Lipinski definition) is 5. The van der Waals surface area contributed by atoms with Crippen molar-refractivity contribution in [2.75, 3.05) is 33.9 Å². The number of amides is 1. The molecule has 1 heterocycles. The van der Waals surface area contributed by atoms with E-state index in [4.69, 9.17) is 0 Å². The second-order valence-electron chi connectivity index (χ2n) is 8.16. The van der Waals surface area contributed by atoms with Gasteiger partial charge in [0, 0.05) is 38.0 Å². The Kier molecular flexibility index (Phi) is 8.05. The first-order valence-electron chi connectivity index (χ1n) is 10.5. The average Bonchev–Trinajstić information content (AvgIpc) is 3.28. The number of carbonyl (C=O) groups excluding carboxylic acids is 1. The van der Waals surface area contributed by atoms with Crippen LogP contribution in [0.25, 0.3) is 10.8 Å². The average molecular weight is 474 g/mol. The molecule has 2 atom stereocenters. The number of likely N-dealkylation sites (N-methyl/N-ethyl adjacent to an activating group) is 3. The van der Waals surface area contributed by atoms with Crippen molar-refractivity contribution in [1.29, 1.82) is 0 Å². The number of sulfonamides is 1. The molecule has 0 saturated carbocycles. The van der Waals surface area contributed by atoms with E-state index in [2.05, 4.69) is 35.6 Å². The summed E-state index contributed by atoms with van der Waals surface area (Å²) in [5.41, 5.74) is 1.08. The summed E-state index contributed by atoms with van der Waals surface area (Å²) in [4.78, 5) is 16.3. The van der Waals surface area contributed by atoms with Gasteiger partial charge in [-0.3, -0.25) is 4.79 Å². The van der Waals surface area contributed by atoms with Crippen LogP contribution in [0.2, 0.25) is 0 Å². The van der Waals surface area contributed by atoms with Gasteiger partial charge >= 0.3 is 0 Å². The Bertz CT molecular complexity index is 1150. The van der Waals surface area contributed by atoms with Crippen molar-refractivity contribution in [3.8, 4) is 0 Å². The fraction of sp³-hybridized carbons (Fsp3) is 0.375. The van der Waals surface area contributed by atoms with E-state index in [1.54, 1.807) is 37.4 Å². The van der Waals surface area contributed by atoms with Crippen molar-refractivity contribution < 1.29 is 13.2 Å². The summed E-state index contributed by atoms with van der Waals surface area (Å²) in [6.07, 6.45) is 2.34. The summed E-state index contributed by atoms with van der Waals surface area (Å²) in [6.45, 7) is 0.241. The molecule has 3 aromatic rings. The molecule has 1 amide bonds. The smallest absolute Gasteiger partial charge is 0.240 e. The monoisotopic (exact) mass is 473 g/mol. The molecule has 0 aliphatic heterocycles. The Labute approximate surface area is 194 Å². The van der Waals surface area contributed by atoms with Gasteiger partial charge in [0.1, 0.15) is 0 Å². The number of nitrogens with zero attached hydrogens (tertiary/aromatic N) is 2. The standard InChI is InChI=1S/C24H31N3O3S2/c1-25-23(15-18-11-12-19-8-5-6-9-20(19)14-18)24(28)27(3)21(16-22-10-7-13-31-22)17-26(2)32(4,29)30/h5-14,21,23,25H,15-17H2,1-4H3. The van der Waals surface area contributed by atoms with Crippen LogP contribution in [-0.2, 0) is 27.7 Å². The zero-order chi connectivity index (χ0) is 23.3. The minimum Gasteiger partial charge on any atom is -0.340 e. The van der Waals surface area contributed by atoms with E-state index in [1.807, 2.05) is 29.6 Å². The van der Waals surface area contributed by atoms with Crippen LogP contribution in [0, 0.1) is 0 Å². The lowest BCUT2D eigenvalue weighted by molar-refractivity contribution is -0.134. The molecule has 2 aromatic carbocycles. The molecule has 0 spiro atoms. The lowest BCUT2D eigenvalue weighted by Crippen LogP contribution is -2.52. The third-order valence-corrected chi connectivity index (χ3v) is 8.03. The number of hydrogen-bond donors (Lipinski definition) is 1. The Hall–Kier alpha value is -2.26. The highest BCUT2D eigenvalue weighted by Crippen LogP contribution is 2.19. The minimum absolute atomic E-state index is 0.0517. The van der Waals surface area contributed by atoms with Gasteiger partial charge in [0.05, 0.1) is 12.3 Å². The Morgan fingerprint density at radius 2 is 1.75 bits per heavy atom. The fourth-order valence-corrected chi connectivity index (χ4v) is 4.98. The van der Waals surface area contributed by atoms with Crippen molar-refractivity contribution in [3.63, 3.8) is 0 Å². The predicted octanol–water partition coefficient (Wildman–Crippen LogP) is 2.99. The molecule has 0 bridgehead atoms. The molecule has 6 nitrogen and oxygen atoms in total. The van der Waals surface area contributed by atoms with Gasteiger partial charge < -0.3 is 10.2 Å². The highest BCUT2D eigenvalue weighted by molar-refractivity contribution is 7.88. The number of fused-ring (bicyclic) bond motifs is 1. The molecule has 0 saturated heterocycles. The van der Waals surface area contributed by atoms with Crippen LogP contribution in [0.15, 0.2) is 60.0 Å². The van der Waals surface area contributed by atoms with Gasteiger partial charge in [-0.25, -0.2) is 12.7 Å². The molecule has 0 aliphatic carbocycles. The van der Waals surface area contributed by atoms with Gasteiger partial charge in [-0.1, -0.05) is 48.5 Å². The van der Waals surface area contributed by atoms with Crippen LogP contribution in [-0.4, -0.2) is 69.6 Å². The van der Waals surface area contributed by atoms with Crippen LogP contribution in [0.1, 0.15) is 10.4 Å². The van der Waals surface area contributed by atoms with Crippen LogP contribution in [0.3, 0.4) is 0 Å². The molecule has 3 rings (SSSR count). The molecular weight excluding hydrogens is 442 g/mol. The van der Waals surface area contributed by atoms with Gasteiger partial charge in [-0.05, 0) is 41.3 Å². The lowest BCUT2D eigenvalue weighted by atomic mass is 10.0. The van der Waals surface area contributed by atoms with E-state index in [-0.39, 0.29) is 18.5 Å². The summed E-state index contributed by atoms with van der Waals surface area (Å²) in [6, 6.07) is 17.7. The molecule has 1 aromatic heterocycles. The Morgan fingerprint density at radius 1 is 1.03 bits per heavy atom. The molecule has 0 aliphatic rings. The summed E-state index contributed by atoms with van der Waals surface area (Å²) in [5, 5.41) is 7.46. The summed E-state index contributed by atoms with van der Waals surface area (Å²) >= 11 is 1.61. The second-order valence-corrected chi connectivity index (χ2v) is 11.3. The summed E-state index contributed by atoms with van der Waals surface area (Å²) in [5.74, 6) is -0.0517. The normalized spacial score (nSPS) is 13.9. The third kappa shape index (κ3) is 6.16. The lowest BCUT2D eigenvalue weighted by Gasteiger charge is -2.33. The van der Waals surface area contributed by atoms with E-state index in [1.165, 1.54) is 15.9 Å². The van der Waals surface area contributed by atoms with Crippen molar-refractivity contribution in [2.45, 2.75) is 24.9 Å². The van der Waals surface area contributed by atoms with E-state index < -0.39 is 16.1 Å². The summed E-state index contributed by atoms with van der Waals surface area (Å²) < 4.78 is 25.3. The largest absolute Gasteiger partial charge is 0.340 e. The molecule has 2 unspecified atom stereocenters. The van der Waals surface area contributed by atoms with Crippen molar-refractivity contribution in [1.82, 2.24) is 14.5 Å². The second kappa shape index (κ2) is 10.6. The molecular formula is C24H31N3O3S2. The van der Waals surface area contributed by atoms with E-state index in [0.717, 1.165) is 15.8 Å². The number of rotatable bonds is 10. The van der Waals surface area contributed by atoms with Gasteiger partial charge in [-0.15, -0.1) is 11.3 Å². The number of carbonyl (C=O) groups is 1. The van der Waals surface area contributed by atoms with E-state index in [0.29, 0.717) is 12.8 Å². The zero-order valence-corrected chi connectivity index (χ0v) is 20.6. The molecule has 32 heavy (non-hydrogen) atoms. The first-order chi connectivity index (χ1) is 15.2. The Morgan fingerprint density at radius 3 is 2.38 bits per heavy atom. The highest BCUT2D eigenvalue weighted by atomic mass is 32.2. The number of nitrogens with one attached hydrogen (secondary N) is 1. The third-order valence-electron chi connectivity index (χ3n) is 5.85. The van der Waals surface area contributed by atoms with Gasteiger partial charge in [0.15, 0.2) is 0 Å². The molecule has 172 valence electrons. The molecule has 0 radical (unpaired) electrons. The number of benzene rings is 2. The van der Waals surface area contributed by atoms with Crippen LogP contribution in [0.5, 0.6) is 0 Å². The van der Waals surface area contributed by atoms with Crippen LogP contribution < -0.4 is 5.32 Å². The maximum atomic E-state index is 13.4. The first kappa shape index (κ1) is 24.4. The highest BCUT2D eigenvalue weighted by Gasteiger charge is 2.29. The van der Waals surface area contributed by atoms with Crippen molar-refractivity contribution in [2.24, 2.45) is 0 Å². The first-order valence-corrected chi connectivity index (χ1v) is 13.3. The maximum Gasteiger partial charge on any atom is 0.240 e. The fourth-order valence-electron chi connectivity index (χ4n) is 3.76. The summed E-state index contributed by atoms with van der Waals surface area (Å²) in [7, 11) is 1.76. The number of thiophene rings is 1. The van der Waals surface area contributed by atoms with Gasteiger partial charge in [0.2, 0.25) is 15.9 Å². The SMILES string of the molecule is CNC(Cc1ccc2ccccc2c1)C(=O)N(C)C(Cc1cccs1)CN(C)S(C)(=O)=O. The van der Waals surface area contributed by atoms with Gasteiger partial charge in [-0.2, -0.15) is 0 Å². The van der Waals surface area contributed by atoms with Crippen LogP contribution >= 0.6 is 11.3 Å².